The fraction of sp³-hybridized carbons (Fsp3) is 0.214. The number of carbonyl (C=O) groups excluding carboxylic acids is 2. The summed E-state index contributed by atoms with van der Waals surface area (Å²) < 4.78 is 22.4. The lowest BCUT2D eigenvalue weighted by Gasteiger charge is -2.17. The summed E-state index contributed by atoms with van der Waals surface area (Å²) in [5, 5.41) is 14.7. The zero-order valence-electron chi connectivity index (χ0n) is 21.9. The van der Waals surface area contributed by atoms with E-state index in [-0.39, 0.29) is 41.0 Å². The summed E-state index contributed by atoms with van der Waals surface area (Å²) in [5.74, 6) is -1.98. The lowest BCUT2D eigenvalue weighted by molar-refractivity contribution is -0.148. The van der Waals surface area contributed by atoms with Gasteiger partial charge in [-0.2, -0.15) is 0 Å². The number of methoxy groups -OCH3 is 2. The number of carboxylic acids is 1. The second-order valence-corrected chi connectivity index (χ2v) is 8.44. The summed E-state index contributed by atoms with van der Waals surface area (Å²) in [6, 6.07) is 17.5. The predicted molar refractivity (Wildman–Crippen MR) is 145 cm³/mol. The maximum absolute atomic E-state index is 12.8. The third-order valence-electron chi connectivity index (χ3n) is 5.46. The first kappa shape index (κ1) is 29.8. The van der Waals surface area contributed by atoms with Crippen molar-refractivity contribution < 1.29 is 43.3 Å². The number of aliphatic carboxylic acids is 1. The van der Waals surface area contributed by atoms with Crippen LogP contribution >= 0.6 is 11.6 Å². The topological polar surface area (TPSA) is 142 Å². The van der Waals surface area contributed by atoms with Crippen molar-refractivity contribution in [3.05, 3.63) is 82.4 Å². The molecular formula is C28H27ClN2O9. The molecule has 3 rings (SSSR count). The van der Waals surface area contributed by atoms with Crippen LogP contribution in [0.5, 0.6) is 23.0 Å². The number of amides is 1. The van der Waals surface area contributed by atoms with E-state index < -0.39 is 24.2 Å². The second-order valence-electron chi connectivity index (χ2n) is 8.06. The molecule has 210 valence electrons. The third kappa shape index (κ3) is 7.87. The number of hydrogen-bond acceptors (Lipinski definition) is 9. The van der Waals surface area contributed by atoms with Crippen molar-refractivity contribution in [2.75, 3.05) is 27.9 Å². The first-order valence-corrected chi connectivity index (χ1v) is 12.1. The minimum absolute atomic E-state index is 0.0174. The smallest absolute Gasteiger partial charge is 0.374 e. The van der Waals surface area contributed by atoms with Gasteiger partial charge in [0.1, 0.15) is 31.8 Å². The average Bonchev–Trinajstić information content (AvgIpc) is 2.97. The number of halogens is 1. The van der Waals surface area contributed by atoms with Gasteiger partial charge in [-0.3, -0.25) is 9.59 Å². The number of ketones is 1. The molecule has 0 unspecified atom stereocenters. The largest absolute Gasteiger partial charge is 0.497 e. The lowest BCUT2D eigenvalue weighted by Crippen LogP contribution is -2.37. The van der Waals surface area contributed by atoms with Crippen LogP contribution in [0.25, 0.3) is 0 Å². The molecule has 3 aromatic rings. The van der Waals surface area contributed by atoms with E-state index in [4.69, 9.17) is 40.5 Å². The quantitative estimate of drug-likeness (QED) is 0.169. The van der Waals surface area contributed by atoms with E-state index in [2.05, 4.69) is 10.5 Å². The number of rotatable bonds is 14. The maximum atomic E-state index is 12.8. The minimum atomic E-state index is -1.68. The van der Waals surface area contributed by atoms with Crippen molar-refractivity contribution in [3.8, 4) is 23.0 Å². The summed E-state index contributed by atoms with van der Waals surface area (Å²) in [6.07, 6.45) is 0. The van der Waals surface area contributed by atoms with Gasteiger partial charge in [0.2, 0.25) is 0 Å². The Hall–Kier alpha value is -4.77. The summed E-state index contributed by atoms with van der Waals surface area (Å²) in [7, 11) is 4.36. The van der Waals surface area contributed by atoms with Gasteiger partial charge in [-0.1, -0.05) is 41.0 Å². The Morgan fingerprint density at radius 1 is 0.825 bits per heavy atom. The van der Waals surface area contributed by atoms with E-state index in [0.717, 1.165) is 11.1 Å². The Balaban J connectivity index is 1.92. The molecule has 0 saturated heterocycles. The highest BCUT2D eigenvalue weighted by molar-refractivity contribution is 6.49. The van der Waals surface area contributed by atoms with Crippen LogP contribution < -0.4 is 24.3 Å². The summed E-state index contributed by atoms with van der Waals surface area (Å²) >= 11 is 6.72. The molecule has 0 spiro atoms. The third-order valence-corrected chi connectivity index (χ3v) is 5.83. The Kier molecular flexibility index (Phi) is 10.7. The Morgan fingerprint density at radius 3 is 1.88 bits per heavy atom. The van der Waals surface area contributed by atoms with Gasteiger partial charge in [0.15, 0.2) is 17.2 Å². The minimum Gasteiger partial charge on any atom is -0.497 e. The first-order chi connectivity index (χ1) is 19.3. The number of hydrogen-bond donors (Lipinski definition) is 2. The van der Waals surface area contributed by atoms with Gasteiger partial charge in [-0.05, 0) is 47.5 Å². The zero-order chi connectivity index (χ0) is 29.1. The fourth-order valence-electron chi connectivity index (χ4n) is 3.35. The van der Waals surface area contributed by atoms with E-state index >= 15 is 0 Å². The van der Waals surface area contributed by atoms with Crippen LogP contribution in [-0.2, 0) is 32.4 Å². The highest BCUT2D eigenvalue weighted by Gasteiger charge is 2.25. The number of carbonyl (C=O) groups is 3. The predicted octanol–water partition coefficient (Wildman–Crippen LogP) is 3.64. The van der Waals surface area contributed by atoms with Gasteiger partial charge in [0.05, 0.1) is 25.8 Å². The Morgan fingerprint density at radius 2 is 1.38 bits per heavy atom. The Labute approximate surface area is 235 Å². The molecule has 2 N–H and O–H groups in total. The summed E-state index contributed by atoms with van der Waals surface area (Å²) in [6.45, 7) is -0.476. The molecule has 0 radical (unpaired) electrons. The number of oxime groups is 1. The van der Waals surface area contributed by atoms with Gasteiger partial charge in [0, 0.05) is 5.56 Å². The van der Waals surface area contributed by atoms with Gasteiger partial charge in [0.25, 0.3) is 11.7 Å². The molecule has 0 aliphatic heterocycles. The highest BCUT2D eigenvalue weighted by Crippen LogP contribution is 2.39. The molecule has 11 nitrogen and oxygen atoms in total. The first-order valence-electron chi connectivity index (χ1n) is 11.8. The molecule has 0 fully saturated rings. The number of Topliss-reactive ketones (excluding diaryl/α,β-unsaturated/α-hetero) is 1. The number of benzene rings is 3. The van der Waals surface area contributed by atoms with Crippen molar-refractivity contribution in [2.45, 2.75) is 13.2 Å². The second kappa shape index (κ2) is 14.4. The van der Waals surface area contributed by atoms with Crippen molar-refractivity contribution >= 4 is 35.0 Å². The van der Waals surface area contributed by atoms with Crippen LogP contribution in [0, 0.1) is 0 Å². The number of nitrogens with one attached hydrogen (secondary N) is 1. The fourth-order valence-corrected chi connectivity index (χ4v) is 3.65. The van der Waals surface area contributed by atoms with Crippen LogP contribution in [0.1, 0.15) is 16.7 Å². The number of carboxylic acid groups (broad SMARTS) is 1. The molecule has 0 bridgehead atoms. The lowest BCUT2D eigenvalue weighted by atomic mass is 10.1. The molecule has 12 heteroatoms. The molecule has 0 aliphatic carbocycles. The highest BCUT2D eigenvalue weighted by atomic mass is 35.5. The molecule has 0 saturated carbocycles. The molecule has 40 heavy (non-hydrogen) atoms. The van der Waals surface area contributed by atoms with Crippen molar-refractivity contribution in [2.24, 2.45) is 5.16 Å². The number of ether oxygens (including phenoxy) is 4. The molecule has 1 amide bonds. The molecule has 0 atom stereocenters. The van der Waals surface area contributed by atoms with Gasteiger partial charge in [-0.25, -0.2) is 4.79 Å². The van der Waals surface area contributed by atoms with E-state index in [1.54, 1.807) is 44.6 Å². The van der Waals surface area contributed by atoms with Gasteiger partial charge >= 0.3 is 5.97 Å². The van der Waals surface area contributed by atoms with E-state index in [9.17, 15) is 14.4 Å². The molecule has 0 aromatic heterocycles. The zero-order valence-corrected chi connectivity index (χ0v) is 22.7. The van der Waals surface area contributed by atoms with Crippen molar-refractivity contribution in [3.63, 3.8) is 0 Å². The van der Waals surface area contributed by atoms with E-state index in [1.165, 1.54) is 13.2 Å². The van der Waals surface area contributed by atoms with Gasteiger partial charge < -0.3 is 34.2 Å². The van der Waals surface area contributed by atoms with E-state index in [1.807, 2.05) is 24.3 Å². The molecular weight excluding hydrogens is 544 g/mol. The van der Waals surface area contributed by atoms with E-state index in [0.29, 0.717) is 11.5 Å². The normalized spacial score (nSPS) is 10.8. The summed E-state index contributed by atoms with van der Waals surface area (Å²) in [4.78, 5) is 39.9. The average molecular weight is 571 g/mol. The standard InChI is InChI=1S/C28H27ClN2O9/c1-36-19-8-4-17(5-9-19)15-39-23-13-12-21(25(31-38-3)27(33)30-14-22(32)28(34)35)24(29)26(23)40-16-18-6-10-20(37-2)11-7-18/h4-13H,14-16H2,1-3H3,(H,30,33)(H,34,35)/b31-25-. The van der Waals surface area contributed by atoms with Crippen LogP contribution in [0.15, 0.2) is 65.8 Å². The van der Waals surface area contributed by atoms with Crippen molar-refractivity contribution in [1.82, 2.24) is 5.32 Å². The van der Waals surface area contributed by atoms with Crippen LogP contribution in [0.2, 0.25) is 5.02 Å². The SMILES string of the molecule is CO/N=C(\C(=O)NCC(=O)C(=O)O)c1ccc(OCc2ccc(OC)cc2)c(OCc2ccc(OC)cc2)c1Cl. The molecule has 3 aromatic carbocycles. The summed E-state index contributed by atoms with van der Waals surface area (Å²) in [5.41, 5.74) is 1.46. The van der Waals surface area contributed by atoms with Crippen LogP contribution in [0.3, 0.4) is 0 Å². The van der Waals surface area contributed by atoms with Gasteiger partial charge in [-0.15, -0.1) is 0 Å². The maximum Gasteiger partial charge on any atom is 0.374 e. The molecule has 0 heterocycles. The number of nitrogens with zero attached hydrogens (tertiary/aromatic N) is 1. The Bertz CT molecular complexity index is 1370. The molecule has 0 aliphatic rings. The van der Waals surface area contributed by atoms with Crippen LogP contribution in [0.4, 0.5) is 0 Å². The monoisotopic (exact) mass is 570 g/mol. The van der Waals surface area contributed by atoms with Crippen LogP contribution in [-0.4, -0.2) is 56.4 Å². The van der Waals surface area contributed by atoms with Crippen molar-refractivity contribution in [1.29, 1.82) is 0 Å².